The van der Waals surface area contributed by atoms with Gasteiger partial charge in [-0.1, -0.05) is 12.8 Å². The van der Waals surface area contributed by atoms with E-state index in [0.29, 0.717) is 17.1 Å². The summed E-state index contributed by atoms with van der Waals surface area (Å²) in [4.78, 5) is 16.9. The minimum absolute atomic E-state index is 0.0501. The molecule has 1 N–H and O–H groups in total. The lowest BCUT2D eigenvalue weighted by molar-refractivity contribution is 0.687. The van der Waals surface area contributed by atoms with Gasteiger partial charge >= 0.3 is 0 Å². The van der Waals surface area contributed by atoms with Crippen molar-refractivity contribution < 1.29 is 0 Å². The molecule has 2 aromatic rings. The second-order valence-electron chi connectivity index (χ2n) is 4.86. The van der Waals surface area contributed by atoms with Gasteiger partial charge in [0, 0.05) is 17.5 Å². The number of nitrogens with zero attached hydrogens (tertiary/aromatic N) is 3. The van der Waals surface area contributed by atoms with Crippen LogP contribution < -0.4 is 5.56 Å². The van der Waals surface area contributed by atoms with Crippen molar-refractivity contribution in [2.75, 3.05) is 0 Å². The molecule has 3 rings (SSSR count). The first-order valence-corrected chi connectivity index (χ1v) is 6.23. The zero-order valence-corrected chi connectivity index (χ0v) is 10.2. The van der Waals surface area contributed by atoms with Crippen molar-refractivity contribution in [3.63, 3.8) is 0 Å². The SMILES string of the molecule is Cc1nc2c(C#N)c[nH]n2c(=O)c1C1CCCC1. The molecule has 0 unspecified atom stereocenters. The molecule has 18 heavy (non-hydrogen) atoms. The third-order valence-corrected chi connectivity index (χ3v) is 3.77. The van der Waals surface area contributed by atoms with E-state index in [1.165, 1.54) is 23.6 Å². The number of fused-ring (bicyclic) bond motifs is 1. The predicted octanol–water partition coefficient (Wildman–Crippen LogP) is 1.86. The zero-order valence-electron chi connectivity index (χ0n) is 10.2. The molecule has 1 aliphatic rings. The molecule has 0 atom stereocenters. The van der Waals surface area contributed by atoms with Crippen molar-refractivity contribution in [3.8, 4) is 6.07 Å². The second kappa shape index (κ2) is 3.98. The maximum absolute atomic E-state index is 12.4. The first-order valence-electron chi connectivity index (χ1n) is 6.23. The molecule has 2 heterocycles. The van der Waals surface area contributed by atoms with E-state index in [0.717, 1.165) is 24.1 Å². The molecule has 0 spiro atoms. The number of nitriles is 1. The predicted molar refractivity (Wildman–Crippen MR) is 66.5 cm³/mol. The summed E-state index contributed by atoms with van der Waals surface area (Å²) in [5.41, 5.74) is 2.38. The molecular formula is C13H14N4O. The average molecular weight is 242 g/mol. The van der Waals surface area contributed by atoms with Gasteiger partial charge in [-0.05, 0) is 25.7 Å². The van der Waals surface area contributed by atoms with Gasteiger partial charge in [-0.15, -0.1) is 0 Å². The molecule has 0 radical (unpaired) electrons. The Balaban J connectivity index is 2.28. The number of rotatable bonds is 1. The normalized spacial score (nSPS) is 16.2. The Morgan fingerprint density at radius 2 is 2.22 bits per heavy atom. The fourth-order valence-corrected chi connectivity index (χ4v) is 2.90. The van der Waals surface area contributed by atoms with E-state index < -0.39 is 0 Å². The topological polar surface area (TPSA) is 73.9 Å². The van der Waals surface area contributed by atoms with Crippen molar-refractivity contribution in [1.82, 2.24) is 14.6 Å². The molecule has 92 valence electrons. The van der Waals surface area contributed by atoms with Gasteiger partial charge in [0.25, 0.3) is 5.56 Å². The number of hydrogen-bond donors (Lipinski definition) is 1. The Bertz CT molecular complexity index is 698. The molecule has 0 amide bonds. The second-order valence-corrected chi connectivity index (χ2v) is 4.86. The average Bonchev–Trinajstić information content (AvgIpc) is 2.97. The van der Waals surface area contributed by atoms with Crippen LogP contribution in [0, 0.1) is 18.3 Å². The summed E-state index contributed by atoms with van der Waals surface area (Å²) < 4.78 is 1.39. The number of hydrogen-bond acceptors (Lipinski definition) is 3. The monoisotopic (exact) mass is 242 g/mol. The van der Waals surface area contributed by atoms with E-state index in [1.54, 1.807) is 0 Å². The Morgan fingerprint density at radius 3 is 2.89 bits per heavy atom. The third kappa shape index (κ3) is 1.46. The summed E-state index contributed by atoms with van der Waals surface area (Å²) in [6, 6.07) is 2.04. The third-order valence-electron chi connectivity index (χ3n) is 3.77. The van der Waals surface area contributed by atoms with E-state index in [4.69, 9.17) is 5.26 Å². The largest absolute Gasteiger partial charge is 0.295 e. The highest BCUT2D eigenvalue weighted by atomic mass is 16.1. The summed E-state index contributed by atoms with van der Waals surface area (Å²) in [6.07, 6.45) is 6.02. The van der Waals surface area contributed by atoms with Crippen LogP contribution in [-0.2, 0) is 0 Å². The molecule has 1 saturated carbocycles. The number of H-pyrrole nitrogens is 1. The number of nitrogens with one attached hydrogen (secondary N) is 1. The molecule has 2 aromatic heterocycles. The summed E-state index contributed by atoms with van der Waals surface area (Å²) in [6.45, 7) is 1.86. The lowest BCUT2D eigenvalue weighted by Crippen LogP contribution is -2.23. The summed E-state index contributed by atoms with van der Waals surface area (Å²) in [5.74, 6) is 0.329. The Kier molecular flexibility index (Phi) is 2.44. The highest BCUT2D eigenvalue weighted by Gasteiger charge is 2.24. The summed E-state index contributed by atoms with van der Waals surface area (Å²) in [7, 11) is 0. The highest BCUT2D eigenvalue weighted by molar-refractivity contribution is 5.54. The molecule has 0 aliphatic heterocycles. The molecular weight excluding hydrogens is 228 g/mol. The van der Waals surface area contributed by atoms with Gasteiger partial charge in [0.15, 0.2) is 5.65 Å². The van der Waals surface area contributed by atoms with Gasteiger partial charge in [0.05, 0.1) is 0 Å². The van der Waals surface area contributed by atoms with E-state index in [2.05, 4.69) is 10.1 Å². The van der Waals surface area contributed by atoms with Gasteiger partial charge in [0.2, 0.25) is 0 Å². The lowest BCUT2D eigenvalue weighted by atomic mass is 9.97. The maximum Gasteiger partial charge on any atom is 0.276 e. The highest BCUT2D eigenvalue weighted by Crippen LogP contribution is 2.33. The van der Waals surface area contributed by atoms with Gasteiger partial charge in [0.1, 0.15) is 11.6 Å². The van der Waals surface area contributed by atoms with Crippen molar-refractivity contribution in [2.24, 2.45) is 0 Å². The van der Waals surface area contributed by atoms with Crippen molar-refractivity contribution in [2.45, 2.75) is 38.5 Å². The fourth-order valence-electron chi connectivity index (χ4n) is 2.90. The van der Waals surface area contributed by atoms with Crippen LogP contribution in [0.1, 0.15) is 48.4 Å². The standard InChI is InChI=1S/C13H14N4O/c1-8-11(9-4-2-3-5-9)13(18)17-12(16-8)10(6-14)7-15-17/h7,9,15H,2-5H2,1H3. The van der Waals surface area contributed by atoms with Crippen molar-refractivity contribution in [1.29, 1.82) is 5.26 Å². The van der Waals surface area contributed by atoms with Crippen LogP contribution >= 0.6 is 0 Å². The quantitative estimate of drug-likeness (QED) is 0.829. The lowest BCUT2D eigenvalue weighted by Gasteiger charge is -2.11. The Labute approximate surface area is 104 Å². The van der Waals surface area contributed by atoms with Gasteiger partial charge in [-0.3, -0.25) is 9.89 Å². The fraction of sp³-hybridized carbons (Fsp3) is 0.462. The minimum atomic E-state index is -0.0501. The van der Waals surface area contributed by atoms with Crippen LogP contribution in [-0.4, -0.2) is 14.6 Å². The molecule has 0 aromatic carbocycles. The molecule has 0 bridgehead atoms. The van der Waals surface area contributed by atoms with Crippen molar-refractivity contribution >= 4 is 5.65 Å². The Hall–Kier alpha value is -2.09. The van der Waals surface area contributed by atoms with Crippen LogP contribution in [0.25, 0.3) is 5.65 Å². The minimum Gasteiger partial charge on any atom is -0.295 e. The van der Waals surface area contributed by atoms with E-state index in [1.807, 2.05) is 13.0 Å². The van der Waals surface area contributed by atoms with Crippen LogP contribution in [0.3, 0.4) is 0 Å². The Morgan fingerprint density at radius 1 is 1.50 bits per heavy atom. The van der Waals surface area contributed by atoms with Crippen LogP contribution in [0.15, 0.2) is 11.0 Å². The van der Waals surface area contributed by atoms with E-state index in [9.17, 15) is 4.79 Å². The number of aromatic amines is 1. The van der Waals surface area contributed by atoms with Crippen LogP contribution in [0.5, 0.6) is 0 Å². The first kappa shape index (κ1) is 11.0. The maximum atomic E-state index is 12.4. The summed E-state index contributed by atoms with van der Waals surface area (Å²) in [5, 5.41) is 11.8. The number of aryl methyl sites for hydroxylation is 1. The van der Waals surface area contributed by atoms with Gasteiger partial charge in [-0.2, -0.15) is 5.26 Å². The van der Waals surface area contributed by atoms with Crippen LogP contribution in [0.2, 0.25) is 0 Å². The van der Waals surface area contributed by atoms with Gasteiger partial charge in [-0.25, -0.2) is 9.50 Å². The molecule has 1 aliphatic carbocycles. The van der Waals surface area contributed by atoms with Gasteiger partial charge < -0.3 is 0 Å². The first-order chi connectivity index (χ1) is 8.72. The number of aromatic nitrogens is 3. The smallest absolute Gasteiger partial charge is 0.276 e. The molecule has 5 nitrogen and oxygen atoms in total. The van der Waals surface area contributed by atoms with Crippen molar-refractivity contribution in [3.05, 3.63) is 33.4 Å². The van der Waals surface area contributed by atoms with Crippen LogP contribution in [0.4, 0.5) is 0 Å². The van der Waals surface area contributed by atoms with E-state index >= 15 is 0 Å². The van der Waals surface area contributed by atoms with E-state index in [-0.39, 0.29) is 5.56 Å². The molecule has 0 saturated heterocycles. The summed E-state index contributed by atoms with van der Waals surface area (Å²) >= 11 is 0. The molecule has 1 fully saturated rings. The zero-order chi connectivity index (χ0) is 12.7. The molecule has 5 heteroatoms.